The van der Waals surface area contributed by atoms with Crippen molar-refractivity contribution < 1.29 is 19.0 Å². The van der Waals surface area contributed by atoms with Crippen LogP contribution in [0.25, 0.3) is 0 Å². The molecule has 0 saturated heterocycles. The standard InChI is InChI=1S/C15H19FO3/c1-14(2,3)10-7-11(9-12(16)8-10)15(5-4-6-15)19-13(17)18/h7-9H,4-6H2,1-3H3,(H,17,18). The summed E-state index contributed by atoms with van der Waals surface area (Å²) in [6.07, 6.45) is 0.828. The zero-order valence-electron chi connectivity index (χ0n) is 11.5. The lowest BCUT2D eigenvalue weighted by molar-refractivity contribution is -0.0741. The quantitative estimate of drug-likeness (QED) is 0.816. The highest BCUT2D eigenvalue weighted by Crippen LogP contribution is 2.45. The van der Waals surface area contributed by atoms with E-state index in [9.17, 15) is 9.18 Å². The van der Waals surface area contributed by atoms with Gasteiger partial charge in [-0.05, 0) is 47.9 Å². The molecule has 19 heavy (non-hydrogen) atoms. The van der Waals surface area contributed by atoms with E-state index in [4.69, 9.17) is 9.84 Å². The van der Waals surface area contributed by atoms with E-state index in [0.29, 0.717) is 18.4 Å². The predicted octanol–water partition coefficient (Wildman–Crippen LogP) is 4.20. The summed E-state index contributed by atoms with van der Waals surface area (Å²) in [5.74, 6) is -0.345. The summed E-state index contributed by atoms with van der Waals surface area (Å²) >= 11 is 0. The van der Waals surface area contributed by atoms with Crippen LogP contribution in [0.2, 0.25) is 0 Å². The van der Waals surface area contributed by atoms with E-state index >= 15 is 0 Å². The number of hydrogen-bond donors (Lipinski definition) is 1. The molecule has 0 aliphatic heterocycles. The van der Waals surface area contributed by atoms with Crippen LogP contribution in [-0.4, -0.2) is 11.3 Å². The van der Waals surface area contributed by atoms with Crippen LogP contribution in [0, 0.1) is 5.82 Å². The maximum absolute atomic E-state index is 13.8. The van der Waals surface area contributed by atoms with Crippen molar-refractivity contribution in [1.29, 1.82) is 0 Å². The number of halogens is 1. The summed E-state index contributed by atoms with van der Waals surface area (Å²) < 4.78 is 18.8. The molecule has 4 heteroatoms. The summed E-state index contributed by atoms with van der Waals surface area (Å²) in [6, 6.07) is 4.75. The monoisotopic (exact) mass is 266 g/mol. The molecular formula is C15H19FO3. The minimum Gasteiger partial charge on any atom is -0.450 e. The Kier molecular flexibility index (Phi) is 3.29. The van der Waals surface area contributed by atoms with Crippen LogP contribution in [0.1, 0.15) is 51.2 Å². The Balaban J connectivity index is 2.44. The normalized spacial score (nSPS) is 17.7. The molecule has 1 N–H and O–H groups in total. The highest BCUT2D eigenvalue weighted by molar-refractivity contribution is 5.58. The van der Waals surface area contributed by atoms with E-state index in [2.05, 4.69) is 0 Å². The lowest BCUT2D eigenvalue weighted by Gasteiger charge is -2.40. The molecule has 0 bridgehead atoms. The third-order valence-corrected chi connectivity index (χ3v) is 3.73. The van der Waals surface area contributed by atoms with E-state index in [0.717, 1.165) is 12.0 Å². The molecule has 1 aromatic carbocycles. The van der Waals surface area contributed by atoms with E-state index in [1.807, 2.05) is 26.8 Å². The van der Waals surface area contributed by atoms with E-state index < -0.39 is 11.8 Å². The Hall–Kier alpha value is -1.58. The number of benzene rings is 1. The first-order valence-corrected chi connectivity index (χ1v) is 6.46. The van der Waals surface area contributed by atoms with Gasteiger partial charge in [0.15, 0.2) is 0 Å². The zero-order valence-corrected chi connectivity index (χ0v) is 11.5. The van der Waals surface area contributed by atoms with Gasteiger partial charge in [-0.3, -0.25) is 0 Å². The molecule has 0 heterocycles. The van der Waals surface area contributed by atoms with Gasteiger partial charge in [0.2, 0.25) is 0 Å². The minimum absolute atomic E-state index is 0.189. The van der Waals surface area contributed by atoms with Gasteiger partial charge in [-0.25, -0.2) is 9.18 Å². The average molecular weight is 266 g/mol. The SMILES string of the molecule is CC(C)(C)c1cc(F)cc(C2(OC(=O)O)CCC2)c1. The third kappa shape index (κ3) is 2.72. The summed E-state index contributed by atoms with van der Waals surface area (Å²) in [5.41, 5.74) is 0.438. The molecule has 0 amide bonds. The van der Waals surface area contributed by atoms with Crippen molar-refractivity contribution in [1.82, 2.24) is 0 Å². The molecule has 0 aromatic heterocycles. The highest BCUT2D eigenvalue weighted by Gasteiger charge is 2.43. The van der Waals surface area contributed by atoms with Crippen LogP contribution in [0.3, 0.4) is 0 Å². The molecule has 0 radical (unpaired) electrons. The van der Waals surface area contributed by atoms with Gasteiger partial charge in [-0.15, -0.1) is 0 Å². The predicted molar refractivity (Wildman–Crippen MR) is 69.7 cm³/mol. The van der Waals surface area contributed by atoms with Gasteiger partial charge in [0.05, 0.1) is 0 Å². The third-order valence-electron chi connectivity index (χ3n) is 3.73. The van der Waals surface area contributed by atoms with E-state index in [1.54, 1.807) is 0 Å². The van der Waals surface area contributed by atoms with Gasteiger partial charge < -0.3 is 9.84 Å². The van der Waals surface area contributed by atoms with Gasteiger partial charge in [-0.1, -0.05) is 26.8 Å². The first-order chi connectivity index (χ1) is 8.73. The number of carbonyl (C=O) groups is 1. The maximum Gasteiger partial charge on any atom is 0.506 e. The van der Waals surface area contributed by atoms with Crippen molar-refractivity contribution in [2.75, 3.05) is 0 Å². The fraction of sp³-hybridized carbons (Fsp3) is 0.533. The molecule has 0 atom stereocenters. The summed E-state index contributed by atoms with van der Waals surface area (Å²) in [6.45, 7) is 5.99. The second-order valence-electron chi connectivity index (χ2n) is 6.19. The van der Waals surface area contributed by atoms with Crippen LogP contribution in [0.15, 0.2) is 18.2 Å². The van der Waals surface area contributed by atoms with Crippen molar-refractivity contribution in [3.05, 3.63) is 35.1 Å². The van der Waals surface area contributed by atoms with Crippen LogP contribution in [-0.2, 0) is 15.8 Å². The highest BCUT2D eigenvalue weighted by atomic mass is 19.1. The number of carboxylic acid groups (broad SMARTS) is 1. The van der Waals surface area contributed by atoms with E-state index in [1.165, 1.54) is 12.1 Å². The second kappa shape index (κ2) is 4.51. The topological polar surface area (TPSA) is 46.5 Å². The van der Waals surface area contributed by atoms with Gasteiger partial charge in [0.1, 0.15) is 11.4 Å². The molecule has 104 valence electrons. The Morgan fingerprint density at radius 1 is 1.32 bits per heavy atom. The summed E-state index contributed by atoms with van der Waals surface area (Å²) in [4.78, 5) is 10.8. The molecule has 2 rings (SSSR count). The molecule has 0 unspecified atom stereocenters. The van der Waals surface area contributed by atoms with Crippen molar-refractivity contribution >= 4 is 6.16 Å². The van der Waals surface area contributed by atoms with Crippen LogP contribution in [0.5, 0.6) is 0 Å². The van der Waals surface area contributed by atoms with Crippen molar-refractivity contribution in [3.63, 3.8) is 0 Å². The van der Waals surface area contributed by atoms with Crippen molar-refractivity contribution in [2.45, 2.75) is 51.0 Å². The molecule has 1 aliphatic carbocycles. The Bertz CT molecular complexity index is 499. The van der Waals surface area contributed by atoms with Crippen LogP contribution in [0.4, 0.5) is 9.18 Å². The number of ether oxygens (including phenoxy) is 1. The minimum atomic E-state index is -1.30. The van der Waals surface area contributed by atoms with Crippen molar-refractivity contribution in [3.8, 4) is 0 Å². The summed E-state index contributed by atoms with van der Waals surface area (Å²) in [7, 11) is 0. The summed E-state index contributed by atoms with van der Waals surface area (Å²) in [5, 5.41) is 8.86. The van der Waals surface area contributed by atoms with Gasteiger partial charge in [0.25, 0.3) is 0 Å². The molecule has 1 saturated carbocycles. The molecule has 1 aromatic rings. The zero-order chi connectivity index (χ0) is 14.3. The lowest BCUT2D eigenvalue weighted by atomic mass is 9.73. The van der Waals surface area contributed by atoms with Gasteiger partial charge in [0, 0.05) is 0 Å². The van der Waals surface area contributed by atoms with E-state index in [-0.39, 0.29) is 11.2 Å². The number of hydrogen-bond acceptors (Lipinski definition) is 2. The van der Waals surface area contributed by atoms with Crippen molar-refractivity contribution in [2.24, 2.45) is 0 Å². The van der Waals surface area contributed by atoms with Crippen LogP contribution >= 0.6 is 0 Å². The fourth-order valence-corrected chi connectivity index (χ4v) is 2.40. The molecule has 3 nitrogen and oxygen atoms in total. The molecule has 1 aliphatic rings. The second-order valence-corrected chi connectivity index (χ2v) is 6.19. The maximum atomic E-state index is 13.8. The smallest absolute Gasteiger partial charge is 0.450 e. The fourth-order valence-electron chi connectivity index (χ4n) is 2.40. The molecular weight excluding hydrogens is 247 g/mol. The van der Waals surface area contributed by atoms with Crippen LogP contribution < -0.4 is 0 Å². The Labute approximate surface area is 112 Å². The average Bonchev–Trinajstić information content (AvgIpc) is 2.21. The Morgan fingerprint density at radius 3 is 2.37 bits per heavy atom. The molecule has 1 fully saturated rings. The Morgan fingerprint density at radius 2 is 1.95 bits per heavy atom. The van der Waals surface area contributed by atoms with Gasteiger partial charge >= 0.3 is 6.16 Å². The number of rotatable bonds is 2. The lowest BCUT2D eigenvalue weighted by Crippen LogP contribution is -2.39. The largest absolute Gasteiger partial charge is 0.506 e. The first-order valence-electron chi connectivity index (χ1n) is 6.46. The van der Waals surface area contributed by atoms with Gasteiger partial charge in [-0.2, -0.15) is 0 Å². The molecule has 0 spiro atoms. The first kappa shape index (κ1) is 13.8.